The Hall–Kier alpha value is -3.73. The molecule has 4 aromatic rings. The number of nitriles is 1. The summed E-state index contributed by atoms with van der Waals surface area (Å²) in [6.07, 6.45) is 10.3. The van der Waals surface area contributed by atoms with E-state index in [2.05, 4.69) is 40.2 Å². The van der Waals surface area contributed by atoms with Gasteiger partial charge in [0.05, 0.1) is 30.0 Å². The third kappa shape index (κ3) is 2.81. The fourth-order valence-corrected chi connectivity index (χ4v) is 5.02. The van der Waals surface area contributed by atoms with E-state index in [1.807, 2.05) is 25.6 Å². The van der Waals surface area contributed by atoms with Crippen molar-refractivity contribution in [2.45, 2.75) is 13.3 Å². The Morgan fingerprint density at radius 2 is 1.87 bits per heavy atom. The SMILES string of the molecule is CC1C2C[C@@H]1CN(c1ccc(-c3nc(-c4cnn(C)c4)cn4ncc(C#N)c34)cn1)C2. The summed E-state index contributed by atoms with van der Waals surface area (Å²) in [5, 5.41) is 18.2. The highest BCUT2D eigenvalue weighted by atomic mass is 15.2. The van der Waals surface area contributed by atoms with Crippen LogP contribution < -0.4 is 4.90 Å². The van der Waals surface area contributed by atoms with Crippen LogP contribution in [0.15, 0.2) is 43.1 Å². The van der Waals surface area contributed by atoms with Crippen LogP contribution in [0.2, 0.25) is 0 Å². The molecule has 3 fully saturated rings. The van der Waals surface area contributed by atoms with Gasteiger partial charge in [-0.15, -0.1) is 0 Å². The third-order valence-electron chi connectivity index (χ3n) is 6.97. The molecular weight excluding hydrogens is 388 g/mol. The molecule has 0 amide bonds. The number of aromatic nitrogens is 6. The molecular formula is C23H22N8. The van der Waals surface area contributed by atoms with Gasteiger partial charge in [-0.3, -0.25) is 4.68 Å². The molecule has 0 spiro atoms. The van der Waals surface area contributed by atoms with Gasteiger partial charge in [-0.1, -0.05) is 6.92 Å². The summed E-state index contributed by atoms with van der Waals surface area (Å²) in [6, 6.07) is 6.35. The number of nitrogens with zero attached hydrogens (tertiary/aromatic N) is 8. The van der Waals surface area contributed by atoms with Crippen molar-refractivity contribution in [3.05, 3.63) is 48.7 Å². The largest absolute Gasteiger partial charge is 0.356 e. The molecule has 8 nitrogen and oxygen atoms in total. The zero-order chi connectivity index (χ0) is 21.1. The molecule has 2 unspecified atom stereocenters. The fourth-order valence-electron chi connectivity index (χ4n) is 5.02. The number of rotatable bonds is 3. The second-order valence-corrected chi connectivity index (χ2v) is 8.77. The number of piperidine rings is 2. The minimum atomic E-state index is 0.495. The molecule has 31 heavy (non-hydrogen) atoms. The van der Waals surface area contributed by atoms with E-state index in [9.17, 15) is 5.26 Å². The first-order valence-electron chi connectivity index (χ1n) is 10.6. The predicted octanol–water partition coefficient (Wildman–Crippen LogP) is 3.16. The normalized spacial score (nSPS) is 22.4. The van der Waals surface area contributed by atoms with Crippen molar-refractivity contribution in [1.29, 1.82) is 5.26 Å². The lowest BCUT2D eigenvalue weighted by atomic mass is 9.62. The molecule has 0 N–H and O–H groups in total. The van der Waals surface area contributed by atoms with Crippen LogP contribution in [-0.4, -0.2) is 42.5 Å². The van der Waals surface area contributed by atoms with Crippen molar-refractivity contribution in [2.24, 2.45) is 24.8 Å². The minimum absolute atomic E-state index is 0.495. The molecule has 3 aliphatic rings. The monoisotopic (exact) mass is 410 g/mol. The van der Waals surface area contributed by atoms with Crippen LogP contribution >= 0.6 is 0 Å². The average molecular weight is 410 g/mol. The highest BCUT2D eigenvalue weighted by molar-refractivity contribution is 5.83. The molecule has 154 valence electrons. The van der Waals surface area contributed by atoms with E-state index >= 15 is 0 Å². The number of fused-ring (bicyclic) bond motifs is 3. The topological polar surface area (TPSA) is 87.9 Å². The zero-order valence-electron chi connectivity index (χ0n) is 17.5. The van der Waals surface area contributed by atoms with Gasteiger partial charge in [-0.2, -0.15) is 15.5 Å². The van der Waals surface area contributed by atoms with E-state index in [-0.39, 0.29) is 0 Å². The van der Waals surface area contributed by atoms with Crippen molar-refractivity contribution in [2.75, 3.05) is 18.0 Å². The number of aryl methyl sites for hydroxylation is 1. The average Bonchev–Trinajstić information content (AvgIpc) is 3.44. The van der Waals surface area contributed by atoms with E-state index in [0.717, 1.165) is 53.5 Å². The summed E-state index contributed by atoms with van der Waals surface area (Å²) in [4.78, 5) is 12.1. The Bertz CT molecular complexity index is 1310. The van der Waals surface area contributed by atoms with Crippen LogP contribution in [0, 0.1) is 29.1 Å². The van der Waals surface area contributed by atoms with Gasteiger partial charge >= 0.3 is 0 Å². The zero-order valence-corrected chi connectivity index (χ0v) is 17.5. The molecule has 4 aromatic heterocycles. The first-order chi connectivity index (χ1) is 15.1. The highest BCUT2D eigenvalue weighted by Gasteiger charge is 2.44. The lowest BCUT2D eigenvalue weighted by Gasteiger charge is -2.52. The Morgan fingerprint density at radius 3 is 2.52 bits per heavy atom. The molecule has 0 radical (unpaired) electrons. The molecule has 2 aliphatic heterocycles. The maximum Gasteiger partial charge on any atom is 0.128 e. The summed E-state index contributed by atoms with van der Waals surface area (Å²) in [6.45, 7) is 4.55. The van der Waals surface area contributed by atoms with Gasteiger partial charge in [0.2, 0.25) is 0 Å². The van der Waals surface area contributed by atoms with E-state index < -0.39 is 0 Å². The molecule has 1 saturated carbocycles. The van der Waals surface area contributed by atoms with E-state index in [0.29, 0.717) is 16.8 Å². The molecule has 7 rings (SSSR count). The van der Waals surface area contributed by atoms with E-state index in [1.165, 1.54) is 6.42 Å². The molecule has 0 aromatic carbocycles. The van der Waals surface area contributed by atoms with Crippen molar-refractivity contribution in [3.63, 3.8) is 0 Å². The number of hydrogen-bond donors (Lipinski definition) is 0. The highest BCUT2D eigenvalue weighted by Crippen LogP contribution is 2.45. The van der Waals surface area contributed by atoms with Crippen molar-refractivity contribution < 1.29 is 0 Å². The van der Waals surface area contributed by atoms with Gasteiger partial charge in [0.15, 0.2) is 0 Å². The minimum Gasteiger partial charge on any atom is -0.356 e. The fraction of sp³-hybridized carbons (Fsp3) is 0.348. The molecule has 8 heteroatoms. The quantitative estimate of drug-likeness (QED) is 0.516. The van der Waals surface area contributed by atoms with Crippen molar-refractivity contribution in [3.8, 4) is 28.6 Å². The van der Waals surface area contributed by atoms with Gasteiger partial charge in [-0.05, 0) is 36.3 Å². The number of hydrogen-bond acceptors (Lipinski definition) is 6. The lowest BCUT2D eigenvalue weighted by Crippen LogP contribution is -2.54. The van der Waals surface area contributed by atoms with E-state index in [1.54, 1.807) is 21.6 Å². The maximum atomic E-state index is 9.58. The van der Waals surface area contributed by atoms with Gasteiger partial charge in [0, 0.05) is 43.7 Å². The Labute approximate surface area is 179 Å². The van der Waals surface area contributed by atoms with Gasteiger partial charge < -0.3 is 4.90 Å². The second-order valence-electron chi connectivity index (χ2n) is 8.77. The van der Waals surface area contributed by atoms with Crippen LogP contribution in [0.3, 0.4) is 0 Å². The van der Waals surface area contributed by atoms with Crippen LogP contribution in [0.5, 0.6) is 0 Å². The summed E-state index contributed by atoms with van der Waals surface area (Å²) >= 11 is 0. The number of anilines is 1. The maximum absolute atomic E-state index is 9.58. The Kier molecular flexibility index (Phi) is 3.87. The molecule has 1 aliphatic carbocycles. The van der Waals surface area contributed by atoms with Gasteiger partial charge in [-0.25, -0.2) is 14.5 Å². The standard InChI is InChI=1S/C23H22N8/c1-14-16-5-17(14)12-30(11-16)21-4-3-15(7-25-21)22-23-18(6-24)8-27-31(23)13-20(28-22)19-9-26-29(2)10-19/h3-4,7-10,13-14,16-17H,5,11-12H2,1-2H3/t14?,16-,17?/m1/s1. The molecule has 3 atom stereocenters. The molecule has 6 heterocycles. The summed E-state index contributed by atoms with van der Waals surface area (Å²) in [5.41, 5.74) is 4.40. The van der Waals surface area contributed by atoms with E-state index in [4.69, 9.17) is 9.97 Å². The molecule has 2 saturated heterocycles. The number of pyridine rings is 1. The predicted molar refractivity (Wildman–Crippen MR) is 116 cm³/mol. The smallest absolute Gasteiger partial charge is 0.128 e. The van der Waals surface area contributed by atoms with Crippen LogP contribution in [-0.2, 0) is 7.05 Å². The van der Waals surface area contributed by atoms with Crippen LogP contribution in [0.4, 0.5) is 5.82 Å². The van der Waals surface area contributed by atoms with Crippen molar-refractivity contribution >= 4 is 11.3 Å². The van der Waals surface area contributed by atoms with Crippen molar-refractivity contribution in [1.82, 2.24) is 29.4 Å². The summed E-state index contributed by atoms with van der Waals surface area (Å²) in [5.74, 6) is 3.44. The first kappa shape index (κ1) is 18.1. The lowest BCUT2D eigenvalue weighted by molar-refractivity contribution is 0.0635. The van der Waals surface area contributed by atoms with Gasteiger partial charge in [0.1, 0.15) is 23.0 Å². The van der Waals surface area contributed by atoms with Crippen LogP contribution in [0.1, 0.15) is 18.9 Å². The Morgan fingerprint density at radius 1 is 1.03 bits per heavy atom. The second kappa shape index (κ2) is 6.64. The summed E-state index contributed by atoms with van der Waals surface area (Å²) in [7, 11) is 1.87. The summed E-state index contributed by atoms with van der Waals surface area (Å²) < 4.78 is 3.46. The van der Waals surface area contributed by atoms with Gasteiger partial charge in [0.25, 0.3) is 0 Å². The first-order valence-corrected chi connectivity index (χ1v) is 10.6. The Balaban J connectivity index is 1.41. The molecule has 2 bridgehead atoms. The van der Waals surface area contributed by atoms with Crippen LogP contribution in [0.25, 0.3) is 28.0 Å². The third-order valence-corrected chi connectivity index (χ3v) is 6.97.